The van der Waals surface area contributed by atoms with Gasteiger partial charge in [-0.15, -0.1) is 16.4 Å². The summed E-state index contributed by atoms with van der Waals surface area (Å²) in [7, 11) is 0. The van der Waals surface area contributed by atoms with Crippen LogP contribution < -0.4 is 5.32 Å². The summed E-state index contributed by atoms with van der Waals surface area (Å²) in [6, 6.07) is 3.74. The number of alkyl halides is 3. The number of nitrogens with zero attached hydrogens (tertiary/aromatic N) is 4. The summed E-state index contributed by atoms with van der Waals surface area (Å²) in [6.45, 7) is 3.15. The molecule has 12 heteroatoms. The van der Waals surface area contributed by atoms with E-state index >= 15 is 0 Å². The highest BCUT2D eigenvalue weighted by Crippen LogP contribution is 2.27. The standard InChI is InChI=1S/C18H18F3N5O3S/c1-10-13(11(2)26-17(23-10)24-16(25-26)18(19,20)21)5-6-15(28)29-9-14(27)22-8-12-4-3-7-30-12/h3-4,7H,5-6,8-9H2,1-2H3,(H,22,27). The first kappa shape index (κ1) is 21.7. The van der Waals surface area contributed by atoms with Crippen molar-refractivity contribution in [1.29, 1.82) is 0 Å². The third-order valence-corrected chi connectivity index (χ3v) is 5.16. The third kappa shape index (κ3) is 5.12. The fourth-order valence-electron chi connectivity index (χ4n) is 2.79. The Kier molecular flexibility index (Phi) is 6.34. The lowest BCUT2D eigenvalue weighted by molar-refractivity contribution is -0.148. The van der Waals surface area contributed by atoms with Crippen molar-refractivity contribution in [2.24, 2.45) is 0 Å². The summed E-state index contributed by atoms with van der Waals surface area (Å²) in [5.74, 6) is -2.46. The minimum Gasteiger partial charge on any atom is -0.456 e. The van der Waals surface area contributed by atoms with Gasteiger partial charge in [-0.2, -0.15) is 18.2 Å². The monoisotopic (exact) mass is 441 g/mol. The number of carbonyl (C=O) groups excluding carboxylic acids is 2. The number of aromatic nitrogens is 4. The zero-order valence-corrected chi connectivity index (χ0v) is 16.9. The average Bonchev–Trinajstić information content (AvgIpc) is 3.33. The molecule has 0 saturated carbocycles. The molecule has 1 N–H and O–H groups in total. The van der Waals surface area contributed by atoms with Gasteiger partial charge < -0.3 is 10.1 Å². The highest BCUT2D eigenvalue weighted by Gasteiger charge is 2.37. The molecular formula is C18H18F3N5O3S. The van der Waals surface area contributed by atoms with Crippen molar-refractivity contribution in [2.45, 2.75) is 39.4 Å². The van der Waals surface area contributed by atoms with Gasteiger partial charge in [-0.1, -0.05) is 6.07 Å². The van der Waals surface area contributed by atoms with E-state index < -0.39 is 30.5 Å². The van der Waals surface area contributed by atoms with Crippen molar-refractivity contribution < 1.29 is 27.5 Å². The number of halogens is 3. The Hall–Kier alpha value is -3.02. The number of thiophene rings is 1. The topological polar surface area (TPSA) is 98.5 Å². The fraction of sp³-hybridized carbons (Fsp3) is 0.389. The van der Waals surface area contributed by atoms with Crippen molar-refractivity contribution in [3.05, 3.63) is 45.2 Å². The zero-order chi connectivity index (χ0) is 21.9. The molecule has 0 atom stereocenters. The SMILES string of the molecule is Cc1nc2nc(C(F)(F)F)nn2c(C)c1CCC(=O)OCC(=O)NCc1cccs1. The van der Waals surface area contributed by atoms with E-state index in [0.29, 0.717) is 23.5 Å². The molecule has 0 aliphatic carbocycles. The van der Waals surface area contributed by atoms with Crippen LogP contribution in [-0.2, 0) is 33.5 Å². The normalized spacial score (nSPS) is 11.6. The second-order valence-corrected chi connectivity index (χ2v) is 7.46. The van der Waals surface area contributed by atoms with Crippen molar-refractivity contribution in [2.75, 3.05) is 6.61 Å². The largest absolute Gasteiger partial charge is 0.456 e. The van der Waals surface area contributed by atoms with Crippen LogP contribution in [0.15, 0.2) is 17.5 Å². The Morgan fingerprint density at radius 3 is 2.70 bits per heavy atom. The average molecular weight is 441 g/mol. The summed E-state index contributed by atoms with van der Waals surface area (Å²) in [5, 5.41) is 7.99. The number of fused-ring (bicyclic) bond motifs is 1. The van der Waals surface area contributed by atoms with Gasteiger partial charge in [0.05, 0.1) is 6.54 Å². The Morgan fingerprint density at radius 1 is 1.27 bits per heavy atom. The molecule has 0 radical (unpaired) electrons. The van der Waals surface area contributed by atoms with Crippen LogP contribution in [-0.4, -0.2) is 38.1 Å². The molecule has 3 aromatic rings. The molecule has 0 bridgehead atoms. The number of esters is 1. The van der Waals surface area contributed by atoms with Gasteiger partial charge in [0, 0.05) is 22.7 Å². The van der Waals surface area contributed by atoms with Crippen LogP contribution in [0.5, 0.6) is 0 Å². The first-order valence-electron chi connectivity index (χ1n) is 8.90. The summed E-state index contributed by atoms with van der Waals surface area (Å²) >= 11 is 1.50. The van der Waals surface area contributed by atoms with E-state index in [1.807, 2.05) is 17.5 Å². The molecular weight excluding hydrogens is 423 g/mol. The molecule has 3 aromatic heterocycles. The molecule has 8 nitrogen and oxygen atoms in total. The Morgan fingerprint density at radius 2 is 2.03 bits per heavy atom. The summed E-state index contributed by atoms with van der Waals surface area (Å²) in [6.07, 6.45) is -4.56. The minimum absolute atomic E-state index is 0.0616. The van der Waals surface area contributed by atoms with E-state index in [2.05, 4.69) is 20.4 Å². The second kappa shape index (κ2) is 8.78. The van der Waals surface area contributed by atoms with Crippen LogP contribution >= 0.6 is 11.3 Å². The van der Waals surface area contributed by atoms with Gasteiger partial charge in [0.15, 0.2) is 6.61 Å². The van der Waals surface area contributed by atoms with Crippen molar-refractivity contribution >= 4 is 29.0 Å². The maximum atomic E-state index is 12.8. The maximum absolute atomic E-state index is 12.8. The van der Waals surface area contributed by atoms with Gasteiger partial charge in [0.1, 0.15) is 0 Å². The van der Waals surface area contributed by atoms with Crippen molar-refractivity contribution in [3.8, 4) is 0 Å². The predicted molar refractivity (Wildman–Crippen MR) is 101 cm³/mol. The van der Waals surface area contributed by atoms with Crippen LogP contribution in [0.25, 0.3) is 5.78 Å². The molecule has 0 aliphatic rings. The van der Waals surface area contributed by atoms with E-state index in [1.165, 1.54) is 11.3 Å². The van der Waals surface area contributed by atoms with Gasteiger partial charge in [0.2, 0.25) is 0 Å². The van der Waals surface area contributed by atoms with Crippen LogP contribution in [0.2, 0.25) is 0 Å². The van der Waals surface area contributed by atoms with Gasteiger partial charge in [-0.3, -0.25) is 9.59 Å². The smallest absolute Gasteiger partial charge is 0.453 e. The number of amides is 1. The number of hydrogen-bond acceptors (Lipinski definition) is 7. The Bertz CT molecular complexity index is 1060. The number of carbonyl (C=O) groups is 2. The van der Waals surface area contributed by atoms with E-state index in [4.69, 9.17) is 4.74 Å². The highest BCUT2D eigenvalue weighted by molar-refractivity contribution is 7.09. The lowest BCUT2D eigenvalue weighted by Gasteiger charge is -2.10. The second-order valence-electron chi connectivity index (χ2n) is 6.42. The first-order valence-corrected chi connectivity index (χ1v) is 9.78. The van der Waals surface area contributed by atoms with E-state index in [1.54, 1.807) is 13.8 Å². The molecule has 1 amide bonds. The van der Waals surface area contributed by atoms with Crippen molar-refractivity contribution in [1.82, 2.24) is 24.9 Å². The predicted octanol–water partition coefficient (Wildman–Crippen LogP) is 2.61. The van der Waals surface area contributed by atoms with Gasteiger partial charge in [0.25, 0.3) is 17.5 Å². The molecule has 0 fully saturated rings. The Balaban J connectivity index is 1.56. The summed E-state index contributed by atoms with van der Waals surface area (Å²) in [5.41, 5.74) is 1.42. The maximum Gasteiger partial charge on any atom is 0.453 e. The van der Waals surface area contributed by atoms with Gasteiger partial charge in [-0.25, -0.2) is 9.50 Å². The van der Waals surface area contributed by atoms with E-state index in [0.717, 1.165) is 9.39 Å². The third-order valence-electron chi connectivity index (χ3n) is 4.29. The molecule has 160 valence electrons. The fourth-order valence-corrected chi connectivity index (χ4v) is 3.43. The number of hydrogen-bond donors (Lipinski definition) is 1. The highest BCUT2D eigenvalue weighted by atomic mass is 32.1. The molecule has 0 spiro atoms. The quantitative estimate of drug-likeness (QED) is 0.566. The number of aryl methyl sites for hydroxylation is 2. The van der Waals surface area contributed by atoms with Crippen molar-refractivity contribution in [3.63, 3.8) is 0 Å². The summed E-state index contributed by atoms with van der Waals surface area (Å²) < 4.78 is 44.5. The van der Waals surface area contributed by atoms with Crippen LogP contribution in [0.3, 0.4) is 0 Å². The lowest BCUT2D eigenvalue weighted by atomic mass is 10.1. The molecule has 3 heterocycles. The molecule has 30 heavy (non-hydrogen) atoms. The molecule has 0 aliphatic heterocycles. The number of ether oxygens (including phenoxy) is 1. The Labute approximate surface area is 173 Å². The minimum atomic E-state index is -4.68. The zero-order valence-electron chi connectivity index (χ0n) is 16.1. The molecule has 0 saturated heterocycles. The summed E-state index contributed by atoms with van der Waals surface area (Å²) in [4.78, 5) is 32.2. The van der Waals surface area contributed by atoms with Gasteiger partial charge >= 0.3 is 12.1 Å². The molecule has 3 rings (SSSR count). The lowest BCUT2D eigenvalue weighted by Crippen LogP contribution is -2.28. The van der Waals surface area contributed by atoms with E-state index in [9.17, 15) is 22.8 Å². The first-order chi connectivity index (χ1) is 14.1. The molecule has 0 aromatic carbocycles. The molecule has 0 unspecified atom stereocenters. The van der Waals surface area contributed by atoms with Crippen LogP contribution in [0, 0.1) is 13.8 Å². The van der Waals surface area contributed by atoms with Crippen LogP contribution in [0.1, 0.15) is 34.1 Å². The number of rotatable bonds is 7. The van der Waals surface area contributed by atoms with Crippen LogP contribution in [0.4, 0.5) is 13.2 Å². The van der Waals surface area contributed by atoms with E-state index in [-0.39, 0.29) is 18.6 Å². The number of nitrogens with one attached hydrogen (secondary N) is 1. The van der Waals surface area contributed by atoms with Gasteiger partial charge in [-0.05, 0) is 37.3 Å².